The molecule has 2 atom stereocenters. The zero-order valence-corrected chi connectivity index (χ0v) is 14.8. The molecule has 0 spiro atoms. The zero-order chi connectivity index (χ0) is 18.2. The molecule has 1 aromatic rings. The van der Waals surface area contributed by atoms with Crippen LogP contribution in [0.5, 0.6) is 0 Å². The van der Waals surface area contributed by atoms with Crippen molar-refractivity contribution in [1.29, 1.82) is 0 Å². The average Bonchev–Trinajstić information content (AvgIpc) is 3.01. The van der Waals surface area contributed by atoms with Gasteiger partial charge < -0.3 is 14.7 Å². The van der Waals surface area contributed by atoms with E-state index in [1.54, 1.807) is 12.3 Å². The number of carbonyl (C=O) groups excluding carboxylic acids is 2. The summed E-state index contributed by atoms with van der Waals surface area (Å²) >= 11 is 4.41. The van der Waals surface area contributed by atoms with E-state index in [-0.39, 0.29) is 37.5 Å². The number of amides is 2. The van der Waals surface area contributed by atoms with E-state index >= 15 is 0 Å². The molecule has 1 aromatic heterocycles. The lowest BCUT2D eigenvalue weighted by atomic mass is 10.2. The van der Waals surface area contributed by atoms with Gasteiger partial charge in [0.15, 0.2) is 0 Å². The number of likely N-dealkylation sites (tertiary alicyclic amines) is 1. The van der Waals surface area contributed by atoms with Crippen LogP contribution in [0.3, 0.4) is 0 Å². The van der Waals surface area contributed by atoms with Gasteiger partial charge in [-0.25, -0.2) is 4.79 Å². The molecule has 2 rings (SSSR count). The van der Waals surface area contributed by atoms with Crippen LogP contribution >= 0.6 is 12.6 Å². The van der Waals surface area contributed by atoms with E-state index in [1.807, 2.05) is 12.1 Å². The highest BCUT2D eigenvalue weighted by atomic mass is 32.1. The van der Waals surface area contributed by atoms with Crippen molar-refractivity contribution >= 4 is 24.6 Å². The van der Waals surface area contributed by atoms with E-state index in [0.717, 1.165) is 0 Å². The molecule has 1 aliphatic rings. The molecule has 0 radical (unpaired) electrons. The van der Waals surface area contributed by atoms with E-state index in [4.69, 9.17) is 4.74 Å². The smallest absolute Gasteiger partial charge is 0.410 e. The summed E-state index contributed by atoms with van der Waals surface area (Å²) in [5, 5.41) is 9.20. The van der Waals surface area contributed by atoms with Gasteiger partial charge in [-0.05, 0) is 18.6 Å². The maximum atomic E-state index is 13.0. The normalized spacial score (nSPS) is 19.5. The number of aromatic nitrogens is 1. The summed E-state index contributed by atoms with van der Waals surface area (Å²) in [6.45, 7) is 4.19. The van der Waals surface area contributed by atoms with Crippen molar-refractivity contribution in [3.05, 3.63) is 42.7 Å². The van der Waals surface area contributed by atoms with Gasteiger partial charge in [0.25, 0.3) is 0 Å². The van der Waals surface area contributed by atoms with Gasteiger partial charge in [-0.1, -0.05) is 18.7 Å². The molecule has 0 saturated carbocycles. The van der Waals surface area contributed by atoms with E-state index in [9.17, 15) is 14.7 Å². The molecule has 0 aromatic carbocycles. The third-order valence-corrected chi connectivity index (χ3v) is 4.26. The lowest BCUT2D eigenvalue weighted by Crippen LogP contribution is -2.48. The number of hydrogen-bond acceptors (Lipinski definition) is 6. The van der Waals surface area contributed by atoms with Gasteiger partial charge >= 0.3 is 6.09 Å². The summed E-state index contributed by atoms with van der Waals surface area (Å²) in [7, 11) is 0. The summed E-state index contributed by atoms with van der Waals surface area (Å²) in [5.41, 5.74) is 0.713. The number of rotatable bonds is 7. The minimum absolute atomic E-state index is 0.0851. The Morgan fingerprint density at radius 2 is 2.32 bits per heavy atom. The maximum absolute atomic E-state index is 13.0. The summed E-state index contributed by atoms with van der Waals surface area (Å²) in [6.07, 6.45) is 3.00. The molecule has 8 heteroatoms. The Labute approximate surface area is 152 Å². The molecule has 2 amide bonds. The van der Waals surface area contributed by atoms with Gasteiger partial charge in [0, 0.05) is 24.5 Å². The lowest BCUT2D eigenvalue weighted by molar-refractivity contribution is -0.136. The van der Waals surface area contributed by atoms with Crippen LogP contribution < -0.4 is 0 Å². The van der Waals surface area contributed by atoms with E-state index in [0.29, 0.717) is 18.7 Å². The monoisotopic (exact) mass is 365 g/mol. The van der Waals surface area contributed by atoms with Crippen molar-refractivity contribution in [3.63, 3.8) is 0 Å². The van der Waals surface area contributed by atoms with Crippen molar-refractivity contribution in [2.24, 2.45) is 0 Å². The Kier molecular flexibility index (Phi) is 7.27. The maximum Gasteiger partial charge on any atom is 0.410 e. The Morgan fingerprint density at radius 1 is 1.52 bits per heavy atom. The highest BCUT2D eigenvalue weighted by Gasteiger charge is 2.41. The third kappa shape index (κ3) is 5.20. The number of ether oxygens (including phenoxy) is 1. The van der Waals surface area contributed by atoms with Crippen LogP contribution in [-0.4, -0.2) is 69.5 Å². The van der Waals surface area contributed by atoms with Crippen LogP contribution in [0.15, 0.2) is 37.1 Å². The minimum Gasteiger partial charge on any atom is -0.445 e. The number of carbonyl (C=O) groups is 2. The van der Waals surface area contributed by atoms with Crippen LogP contribution in [0.4, 0.5) is 4.79 Å². The number of thiol groups is 1. The molecule has 0 unspecified atom stereocenters. The molecule has 1 aliphatic heterocycles. The van der Waals surface area contributed by atoms with E-state index < -0.39 is 12.1 Å². The Hall–Kier alpha value is -2.06. The molecule has 2 heterocycles. The first kappa shape index (κ1) is 19.3. The van der Waals surface area contributed by atoms with Gasteiger partial charge in [-0.3, -0.25) is 14.7 Å². The molecular formula is C17H23N3O4S. The van der Waals surface area contributed by atoms with Crippen LogP contribution in [0.25, 0.3) is 0 Å². The second-order valence-electron chi connectivity index (χ2n) is 5.73. The molecule has 136 valence electrons. The first-order valence-electron chi connectivity index (χ1n) is 8.08. The molecule has 25 heavy (non-hydrogen) atoms. The van der Waals surface area contributed by atoms with Gasteiger partial charge in [-0.2, -0.15) is 12.6 Å². The highest BCUT2D eigenvalue weighted by molar-refractivity contribution is 7.81. The number of aliphatic hydroxyl groups is 1. The highest BCUT2D eigenvalue weighted by Crippen LogP contribution is 2.25. The first-order valence-corrected chi connectivity index (χ1v) is 8.60. The van der Waals surface area contributed by atoms with Gasteiger partial charge in [0.2, 0.25) is 5.91 Å². The fourth-order valence-corrected chi connectivity index (χ4v) is 3.12. The van der Waals surface area contributed by atoms with Crippen LogP contribution in [0, 0.1) is 0 Å². The quantitative estimate of drug-likeness (QED) is 0.558. The number of nitrogens with zero attached hydrogens (tertiary/aromatic N) is 3. The summed E-state index contributed by atoms with van der Waals surface area (Å²) in [4.78, 5) is 32.3. The summed E-state index contributed by atoms with van der Waals surface area (Å²) in [5.74, 6) is -0.244. The van der Waals surface area contributed by atoms with Gasteiger partial charge in [0.1, 0.15) is 12.6 Å². The van der Waals surface area contributed by atoms with Crippen LogP contribution in [0.2, 0.25) is 0 Å². The lowest BCUT2D eigenvalue weighted by Gasteiger charge is -2.29. The minimum atomic E-state index is -0.657. The number of pyridine rings is 1. The predicted molar refractivity (Wildman–Crippen MR) is 96.2 cm³/mol. The average molecular weight is 365 g/mol. The standard InChI is InChI=1S/C17H23N3O4S/c1-2-9-24-17(23)20-12-14(25)10-15(20)16(22)19(7-8-21)11-13-5-3-4-6-18-13/h2-6,14-15,21,25H,1,7-12H2/t14-,15-/m0/s1. The molecule has 1 fully saturated rings. The topological polar surface area (TPSA) is 83.0 Å². The molecule has 0 aliphatic carbocycles. The first-order chi connectivity index (χ1) is 12.1. The van der Waals surface area contributed by atoms with E-state index in [2.05, 4.69) is 24.2 Å². The van der Waals surface area contributed by atoms with Crippen LogP contribution in [-0.2, 0) is 16.1 Å². The summed E-state index contributed by atoms with van der Waals surface area (Å²) < 4.78 is 5.06. The zero-order valence-electron chi connectivity index (χ0n) is 14.0. The molecule has 1 saturated heterocycles. The fraction of sp³-hybridized carbons (Fsp3) is 0.471. The van der Waals surface area contributed by atoms with Crippen molar-refractivity contribution in [1.82, 2.24) is 14.8 Å². The predicted octanol–water partition coefficient (Wildman–Crippen LogP) is 1.10. The molecule has 7 nitrogen and oxygen atoms in total. The van der Waals surface area contributed by atoms with E-state index in [1.165, 1.54) is 15.9 Å². The molecule has 1 N–H and O–H groups in total. The number of aliphatic hydroxyl groups excluding tert-OH is 1. The van der Waals surface area contributed by atoms with Gasteiger partial charge in [-0.15, -0.1) is 0 Å². The van der Waals surface area contributed by atoms with Gasteiger partial charge in [0.05, 0.1) is 18.8 Å². The second kappa shape index (κ2) is 9.43. The second-order valence-corrected chi connectivity index (χ2v) is 6.46. The van der Waals surface area contributed by atoms with Crippen molar-refractivity contribution in [2.75, 3.05) is 26.3 Å². The Morgan fingerprint density at radius 3 is 2.96 bits per heavy atom. The molecule has 0 bridgehead atoms. The van der Waals surface area contributed by atoms with Crippen LogP contribution in [0.1, 0.15) is 12.1 Å². The molecular weight excluding hydrogens is 342 g/mol. The van der Waals surface area contributed by atoms with Crippen molar-refractivity contribution < 1.29 is 19.4 Å². The van der Waals surface area contributed by atoms with Crippen molar-refractivity contribution in [2.45, 2.75) is 24.3 Å². The number of hydrogen-bond donors (Lipinski definition) is 2. The van der Waals surface area contributed by atoms with Crippen molar-refractivity contribution in [3.8, 4) is 0 Å². The summed E-state index contributed by atoms with van der Waals surface area (Å²) in [6, 6.07) is 4.78. The largest absolute Gasteiger partial charge is 0.445 e. The fourth-order valence-electron chi connectivity index (χ4n) is 2.75. The Balaban J connectivity index is 2.12. The SMILES string of the molecule is C=CCOC(=O)N1C[C@@H](S)C[C@H]1C(=O)N(CCO)Cc1ccccn1. The Bertz CT molecular complexity index is 599. The third-order valence-electron chi connectivity index (χ3n) is 3.88.